The molecule has 6 heteroatoms. The van der Waals surface area contributed by atoms with Crippen LogP contribution >= 0.6 is 11.6 Å². The van der Waals surface area contributed by atoms with Crippen molar-refractivity contribution < 1.29 is 9.53 Å². The molecule has 0 aliphatic rings. The molecule has 1 aromatic carbocycles. The Balaban J connectivity index is 2.21. The number of imidazole rings is 1. The van der Waals surface area contributed by atoms with Crippen LogP contribution in [0.2, 0.25) is 5.02 Å². The van der Waals surface area contributed by atoms with Crippen LogP contribution in [0.1, 0.15) is 21.7 Å². The van der Waals surface area contributed by atoms with E-state index in [1.807, 2.05) is 6.92 Å². The molecule has 0 radical (unpaired) electrons. The van der Waals surface area contributed by atoms with Crippen molar-refractivity contribution in [2.45, 2.75) is 13.5 Å². The van der Waals surface area contributed by atoms with Crippen LogP contribution in [0.4, 0.5) is 5.69 Å². The van der Waals surface area contributed by atoms with E-state index in [1.54, 1.807) is 24.5 Å². The van der Waals surface area contributed by atoms with Gasteiger partial charge >= 0.3 is 5.97 Å². The first-order valence-electron chi connectivity index (χ1n) is 5.72. The Bertz CT molecular complexity index is 595. The van der Waals surface area contributed by atoms with Crippen molar-refractivity contribution in [2.75, 3.05) is 12.4 Å². The summed E-state index contributed by atoms with van der Waals surface area (Å²) in [7, 11) is 1.35. The summed E-state index contributed by atoms with van der Waals surface area (Å²) in [5.41, 5.74) is 2.94. The number of anilines is 1. The number of esters is 1. The number of nitrogens with zero attached hydrogens (tertiary/aromatic N) is 1. The Morgan fingerprint density at radius 2 is 2.32 bits per heavy atom. The van der Waals surface area contributed by atoms with E-state index in [1.165, 1.54) is 7.11 Å². The zero-order valence-electron chi connectivity index (χ0n) is 10.7. The van der Waals surface area contributed by atoms with Crippen LogP contribution in [0, 0.1) is 6.92 Å². The molecule has 0 unspecified atom stereocenters. The number of methoxy groups -OCH3 is 1. The first kappa shape index (κ1) is 13.4. The first-order valence-corrected chi connectivity index (χ1v) is 6.10. The summed E-state index contributed by atoms with van der Waals surface area (Å²) in [4.78, 5) is 18.8. The molecule has 0 aliphatic heterocycles. The van der Waals surface area contributed by atoms with Gasteiger partial charge in [0.05, 0.1) is 36.9 Å². The number of carbonyl (C=O) groups excluding carboxylic acids is 1. The maximum Gasteiger partial charge on any atom is 0.339 e. The van der Waals surface area contributed by atoms with Gasteiger partial charge in [-0.15, -0.1) is 0 Å². The zero-order chi connectivity index (χ0) is 13.8. The molecule has 0 amide bonds. The number of ether oxygens (including phenoxy) is 1. The molecule has 2 aromatic rings. The molecule has 19 heavy (non-hydrogen) atoms. The second kappa shape index (κ2) is 5.75. The highest BCUT2D eigenvalue weighted by atomic mass is 35.5. The maximum atomic E-state index is 11.6. The third kappa shape index (κ3) is 3.06. The van der Waals surface area contributed by atoms with Crippen LogP contribution in [0.25, 0.3) is 0 Å². The van der Waals surface area contributed by atoms with Crippen molar-refractivity contribution >= 4 is 23.3 Å². The minimum atomic E-state index is -0.405. The normalized spacial score (nSPS) is 10.3. The third-order valence-corrected chi connectivity index (χ3v) is 3.00. The molecule has 0 saturated heterocycles. The largest absolute Gasteiger partial charge is 0.465 e. The van der Waals surface area contributed by atoms with Crippen molar-refractivity contribution in [3.05, 3.63) is 46.5 Å². The molecule has 0 atom stereocenters. The van der Waals surface area contributed by atoms with Gasteiger partial charge in [-0.25, -0.2) is 9.78 Å². The molecule has 5 nitrogen and oxygen atoms in total. The highest BCUT2D eigenvalue weighted by Gasteiger charge is 2.12. The fraction of sp³-hybridized carbons (Fsp3) is 0.231. The Morgan fingerprint density at radius 3 is 2.95 bits per heavy atom. The Morgan fingerprint density at radius 1 is 1.53 bits per heavy atom. The minimum Gasteiger partial charge on any atom is -0.465 e. The highest BCUT2D eigenvalue weighted by Crippen LogP contribution is 2.22. The van der Waals surface area contributed by atoms with Crippen LogP contribution < -0.4 is 5.32 Å². The quantitative estimate of drug-likeness (QED) is 0.845. The smallest absolute Gasteiger partial charge is 0.339 e. The summed E-state index contributed by atoms with van der Waals surface area (Å²) in [5, 5.41) is 3.69. The highest BCUT2D eigenvalue weighted by molar-refractivity contribution is 6.31. The summed E-state index contributed by atoms with van der Waals surface area (Å²) in [5.74, 6) is -0.405. The average Bonchev–Trinajstić information content (AvgIpc) is 2.81. The summed E-state index contributed by atoms with van der Waals surface area (Å²) in [6.07, 6.45) is 1.63. The molecular formula is C13H14ClN3O2. The van der Waals surface area contributed by atoms with E-state index < -0.39 is 5.97 Å². The number of benzene rings is 1. The average molecular weight is 280 g/mol. The molecule has 0 bridgehead atoms. The van der Waals surface area contributed by atoms with Crippen LogP contribution in [-0.4, -0.2) is 23.0 Å². The lowest BCUT2D eigenvalue weighted by Crippen LogP contribution is -2.09. The van der Waals surface area contributed by atoms with Gasteiger partial charge in [-0.1, -0.05) is 11.6 Å². The molecule has 0 aliphatic carbocycles. The predicted octanol–water partition coefficient (Wildman–Crippen LogP) is 2.77. The molecule has 1 heterocycles. The maximum absolute atomic E-state index is 11.6. The van der Waals surface area contributed by atoms with Crippen molar-refractivity contribution in [3.8, 4) is 0 Å². The van der Waals surface area contributed by atoms with Crippen LogP contribution in [0.5, 0.6) is 0 Å². The number of hydrogen-bond donors (Lipinski definition) is 2. The molecule has 0 fully saturated rings. The molecule has 0 spiro atoms. The lowest BCUT2D eigenvalue weighted by Gasteiger charge is -2.10. The first-order chi connectivity index (χ1) is 9.11. The Kier molecular flexibility index (Phi) is 4.06. The third-order valence-electron chi connectivity index (χ3n) is 2.77. The van der Waals surface area contributed by atoms with E-state index in [2.05, 4.69) is 15.3 Å². The van der Waals surface area contributed by atoms with Crippen LogP contribution in [0.15, 0.2) is 24.5 Å². The summed E-state index contributed by atoms with van der Waals surface area (Å²) >= 11 is 5.94. The van der Waals surface area contributed by atoms with Crippen LogP contribution in [0.3, 0.4) is 0 Å². The Labute approximate surface area is 116 Å². The van der Waals surface area contributed by atoms with Gasteiger partial charge in [0.25, 0.3) is 0 Å². The second-order valence-corrected chi connectivity index (χ2v) is 4.45. The van der Waals surface area contributed by atoms with Crippen molar-refractivity contribution in [1.29, 1.82) is 0 Å². The van der Waals surface area contributed by atoms with E-state index in [-0.39, 0.29) is 0 Å². The summed E-state index contributed by atoms with van der Waals surface area (Å²) in [6, 6.07) is 4.97. The second-order valence-electron chi connectivity index (χ2n) is 4.01. The van der Waals surface area contributed by atoms with E-state index in [9.17, 15) is 4.79 Å². The zero-order valence-corrected chi connectivity index (χ0v) is 11.4. The van der Waals surface area contributed by atoms with Gasteiger partial charge in [0.15, 0.2) is 0 Å². The number of aromatic nitrogens is 2. The van der Waals surface area contributed by atoms with Crippen LogP contribution in [-0.2, 0) is 11.3 Å². The molecule has 1 aromatic heterocycles. The van der Waals surface area contributed by atoms with E-state index in [0.717, 1.165) is 11.4 Å². The van der Waals surface area contributed by atoms with Gasteiger partial charge in [0.2, 0.25) is 0 Å². The number of halogens is 1. The number of aryl methyl sites for hydroxylation is 1. The monoisotopic (exact) mass is 279 g/mol. The molecule has 100 valence electrons. The number of nitrogens with one attached hydrogen (secondary N) is 2. The molecular weight excluding hydrogens is 266 g/mol. The summed E-state index contributed by atoms with van der Waals surface area (Å²) < 4.78 is 4.73. The molecule has 0 saturated carbocycles. The molecule has 2 rings (SSSR count). The summed E-state index contributed by atoms with van der Waals surface area (Å²) in [6.45, 7) is 2.43. The number of aromatic amines is 1. The predicted molar refractivity (Wildman–Crippen MR) is 73.4 cm³/mol. The number of hydrogen-bond acceptors (Lipinski definition) is 4. The van der Waals surface area contributed by atoms with Gasteiger partial charge in [0, 0.05) is 10.7 Å². The molecule has 2 N–H and O–H groups in total. The van der Waals surface area contributed by atoms with Crippen molar-refractivity contribution in [3.63, 3.8) is 0 Å². The minimum absolute atomic E-state index is 0.405. The fourth-order valence-electron chi connectivity index (χ4n) is 1.70. The fourth-order valence-corrected chi connectivity index (χ4v) is 1.87. The number of carbonyl (C=O) groups is 1. The standard InChI is InChI=1S/C13H14ClN3O2/c1-8-12(17-7-16-8)6-15-11-5-9(14)3-4-10(11)13(18)19-2/h3-5,7,15H,6H2,1-2H3,(H,16,17). The lowest BCUT2D eigenvalue weighted by atomic mass is 10.1. The van der Waals surface area contributed by atoms with E-state index >= 15 is 0 Å². The van der Waals surface area contributed by atoms with Gasteiger partial charge in [-0.3, -0.25) is 0 Å². The van der Waals surface area contributed by atoms with Crippen molar-refractivity contribution in [2.24, 2.45) is 0 Å². The number of H-pyrrole nitrogens is 1. The SMILES string of the molecule is COC(=O)c1ccc(Cl)cc1NCc1nc[nH]c1C. The van der Waals surface area contributed by atoms with Gasteiger partial charge in [-0.2, -0.15) is 0 Å². The van der Waals surface area contributed by atoms with E-state index in [0.29, 0.717) is 22.8 Å². The van der Waals surface area contributed by atoms with E-state index in [4.69, 9.17) is 16.3 Å². The van der Waals surface area contributed by atoms with Gasteiger partial charge < -0.3 is 15.0 Å². The topological polar surface area (TPSA) is 67.0 Å². The lowest BCUT2D eigenvalue weighted by molar-refractivity contribution is 0.0602. The number of rotatable bonds is 4. The van der Waals surface area contributed by atoms with Crippen molar-refractivity contribution in [1.82, 2.24) is 9.97 Å². The van der Waals surface area contributed by atoms with Gasteiger partial charge in [-0.05, 0) is 25.1 Å². The Hall–Kier alpha value is -2.01. The van der Waals surface area contributed by atoms with Gasteiger partial charge in [0.1, 0.15) is 0 Å².